The minimum absolute atomic E-state index is 0.120. The Morgan fingerprint density at radius 3 is 2.84 bits per heavy atom. The molecular formula is C22H23F3N4O3. The summed E-state index contributed by atoms with van der Waals surface area (Å²) in [5.41, 5.74) is -0.442. The monoisotopic (exact) mass is 448 g/mol. The second-order valence-electron chi connectivity index (χ2n) is 8.13. The van der Waals surface area contributed by atoms with Crippen molar-refractivity contribution in [3.05, 3.63) is 47.4 Å². The number of rotatable bonds is 5. The molecule has 0 saturated carbocycles. The average Bonchev–Trinajstić information content (AvgIpc) is 3.21. The lowest BCUT2D eigenvalue weighted by atomic mass is 9.91. The van der Waals surface area contributed by atoms with Crippen LogP contribution in [0.25, 0.3) is 11.1 Å². The average molecular weight is 448 g/mol. The molecule has 0 N–H and O–H groups in total. The van der Waals surface area contributed by atoms with Crippen LogP contribution in [0.4, 0.5) is 13.2 Å². The first-order valence-corrected chi connectivity index (χ1v) is 10.4. The summed E-state index contributed by atoms with van der Waals surface area (Å²) in [7, 11) is 0. The zero-order valence-corrected chi connectivity index (χ0v) is 17.7. The van der Waals surface area contributed by atoms with Gasteiger partial charge in [0.15, 0.2) is 6.61 Å². The number of likely N-dealkylation sites (tertiary alicyclic amines) is 1. The third kappa shape index (κ3) is 4.53. The fourth-order valence-electron chi connectivity index (χ4n) is 3.88. The number of carbonyl (C=O) groups excluding carboxylic acids is 1. The van der Waals surface area contributed by atoms with Crippen LogP contribution in [0, 0.1) is 0 Å². The van der Waals surface area contributed by atoms with Crippen molar-refractivity contribution in [3.63, 3.8) is 0 Å². The predicted molar refractivity (Wildman–Crippen MR) is 109 cm³/mol. The van der Waals surface area contributed by atoms with Crippen molar-refractivity contribution in [2.75, 3.05) is 19.7 Å². The highest BCUT2D eigenvalue weighted by atomic mass is 19.4. The van der Waals surface area contributed by atoms with Crippen LogP contribution in [0.5, 0.6) is 5.88 Å². The Balaban J connectivity index is 1.58. The summed E-state index contributed by atoms with van der Waals surface area (Å²) in [6.07, 6.45) is -1.79. The maximum atomic E-state index is 13.9. The Labute approximate surface area is 182 Å². The lowest BCUT2D eigenvalue weighted by Gasteiger charge is -2.32. The molecule has 32 heavy (non-hydrogen) atoms. The van der Waals surface area contributed by atoms with Crippen LogP contribution in [0.2, 0.25) is 0 Å². The minimum atomic E-state index is -4.58. The Hall–Kier alpha value is -3.17. The van der Waals surface area contributed by atoms with E-state index in [2.05, 4.69) is 15.1 Å². The number of piperidine rings is 1. The lowest BCUT2D eigenvalue weighted by Crippen LogP contribution is -2.41. The number of halogens is 3. The SMILES string of the molecule is CC(C)c1cc(C(F)(F)F)c2c([C@H]3CCCN(C(=O)COc4ccccn4)C3)noc2n1. The minimum Gasteiger partial charge on any atom is -0.468 e. The van der Waals surface area contributed by atoms with Crippen LogP contribution >= 0.6 is 0 Å². The molecule has 1 aliphatic heterocycles. The van der Waals surface area contributed by atoms with Crippen molar-refractivity contribution < 1.29 is 27.2 Å². The number of hydrogen-bond acceptors (Lipinski definition) is 6. The third-order valence-corrected chi connectivity index (χ3v) is 5.53. The Morgan fingerprint density at radius 1 is 1.34 bits per heavy atom. The number of alkyl halides is 3. The Bertz CT molecular complexity index is 1100. The fraction of sp³-hybridized carbons (Fsp3) is 0.455. The number of hydrogen-bond donors (Lipinski definition) is 0. The molecule has 7 nitrogen and oxygen atoms in total. The Kier molecular flexibility index (Phi) is 6.03. The summed E-state index contributed by atoms with van der Waals surface area (Å²) in [5.74, 6) is -0.518. The molecule has 170 valence electrons. The number of pyridine rings is 2. The third-order valence-electron chi connectivity index (χ3n) is 5.53. The highest BCUT2D eigenvalue weighted by Gasteiger charge is 2.38. The molecule has 0 unspecified atom stereocenters. The van der Waals surface area contributed by atoms with Crippen LogP contribution in [-0.2, 0) is 11.0 Å². The van der Waals surface area contributed by atoms with Gasteiger partial charge in [-0.25, -0.2) is 9.97 Å². The van der Waals surface area contributed by atoms with Gasteiger partial charge in [-0.2, -0.15) is 13.2 Å². The number of amides is 1. The van der Waals surface area contributed by atoms with E-state index in [4.69, 9.17) is 9.26 Å². The van der Waals surface area contributed by atoms with Crippen molar-refractivity contribution in [2.45, 2.75) is 44.7 Å². The molecule has 3 aromatic rings. The van der Waals surface area contributed by atoms with E-state index in [1.807, 2.05) is 0 Å². The van der Waals surface area contributed by atoms with Crippen molar-refractivity contribution in [3.8, 4) is 5.88 Å². The molecule has 1 amide bonds. The molecule has 4 heterocycles. The molecular weight excluding hydrogens is 425 g/mol. The first-order valence-electron chi connectivity index (χ1n) is 10.4. The summed E-state index contributed by atoms with van der Waals surface area (Å²) in [6, 6.07) is 6.20. The molecule has 1 fully saturated rings. The van der Waals surface area contributed by atoms with Gasteiger partial charge in [0.1, 0.15) is 0 Å². The smallest absolute Gasteiger partial charge is 0.417 e. The van der Waals surface area contributed by atoms with Crippen LogP contribution in [0.15, 0.2) is 35.0 Å². The van der Waals surface area contributed by atoms with Gasteiger partial charge in [0.05, 0.1) is 16.6 Å². The molecule has 3 aromatic heterocycles. The zero-order valence-electron chi connectivity index (χ0n) is 17.7. The molecule has 0 bridgehead atoms. The van der Waals surface area contributed by atoms with Crippen molar-refractivity contribution in [1.29, 1.82) is 0 Å². The van der Waals surface area contributed by atoms with E-state index in [-0.39, 0.29) is 41.8 Å². The molecule has 10 heteroatoms. The largest absolute Gasteiger partial charge is 0.468 e. The summed E-state index contributed by atoms with van der Waals surface area (Å²) in [4.78, 5) is 22.5. The first kappa shape index (κ1) is 22.0. The number of carbonyl (C=O) groups is 1. The van der Waals surface area contributed by atoms with E-state index in [1.165, 1.54) is 0 Å². The van der Waals surface area contributed by atoms with Crippen LogP contribution in [0.1, 0.15) is 55.5 Å². The molecule has 1 aliphatic rings. The topological polar surface area (TPSA) is 81.4 Å². The second-order valence-corrected chi connectivity index (χ2v) is 8.13. The standard InChI is InChI=1S/C22H23F3N4O3/c1-13(2)16-10-15(22(23,24)25)19-20(28-32-21(19)27-16)14-6-5-9-29(11-14)18(30)12-31-17-7-3-4-8-26-17/h3-4,7-8,10,13-14H,5-6,9,11-12H2,1-2H3/t14-/m0/s1. The van der Waals surface area contributed by atoms with Gasteiger partial charge in [-0.3, -0.25) is 4.79 Å². The number of ether oxygens (including phenoxy) is 1. The van der Waals surface area contributed by atoms with E-state index in [0.717, 1.165) is 6.07 Å². The van der Waals surface area contributed by atoms with E-state index < -0.39 is 17.7 Å². The first-order chi connectivity index (χ1) is 15.2. The quantitative estimate of drug-likeness (QED) is 0.570. The normalized spacial score (nSPS) is 17.2. The predicted octanol–water partition coefficient (Wildman–Crippen LogP) is 4.55. The zero-order chi connectivity index (χ0) is 22.9. The summed E-state index contributed by atoms with van der Waals surface area (Å²) < 4.78 is 52.3. The number of aromatic nitrogens is 3. The van der Waals surface area contributed by atoms with Crippen LogP contribution in [0.3, 0.4) is 0 Å². The molecule has 4 rings (SSSR count). The summed E-state index contributed by atoms with van der Waals surface area (Å²) >= 11 is 0. The van der Waals surface area contributed by atoms with Gasteiger partial charge >= 0.3 is 6.18 Å². The number of fused-ring (bicyclic) bond motifs is 1. The summed E-state index contributed by atoms with van der Waals surface area (Å²) in [6.45, 7) is 4.07. The van der Waals surface area contributed by atoms with Gasteiger partial charge in [-0.1, -0.05) is 25.1 Å². The van der Waals surface area contributed by atoms with Gasteiger partial charge in [-0.15, -0.1) is 0 Å². The van der Waals surface area contributed by atoms with Crippen LogP contribution in [-0.4, -0.2) is 45.6 Å². The van der Waals surface area contributed by atoms with Crippen molar-refractivity contribution in [2.24, 2.45) is 0 Å². The van der Waals surface area contributed by atoms with Gasteiger partial charge in [0, 0.05) is 37.0 Å². The van der Waals surface area contributed by atoms with E-state index >= 15 is 0 Å². The van der Waals surface area contributed by atoms with Crippen molar-refractivity contribution >= 4 is 17.0 Å². The van der Waals surface area contributed by atoms with Crippen LogP contribution < -0.4 is 4.74 Å². The van der Waals surface area contributed by atoms with Gasteiger partial charge in [-0.05, 0) is 30.9 Å². The van der Waals surface area contributed by atoms with Gasteiger partial charge in [0.25, 0.3) is 11.6 Å². The van der Waals surface area contributed by atoms with Crippen molar-refractivity contribution in [1.82, 2.24) is 20.0 Å². The number of nitrogens with zero attached hydrogens (tertiary/aromatic N) is 4. The molecule has 1 atom stereocenters. The maximum Gasteiger partial charge on any atom is 0.417 e. The lowest BCUT2D eigenvalue weighted by molar-refractivity contribution is -0.137. The van der Waals surface area contributed by atoms with Gasteiger partial charge < -0.3 is 14.2 Å². The maximum absolute atomic E-state index is 13.9. The fourth-order valence-corrected chi connectivity index (χ4v) is 3.88. The van der Waals surface area contributed by atoms with E-state index in [1.54, 1.807) is 43.1 Å². The highest BCUT2D eigenvalue weighted by molar-refractivity contribution is 5.82. The second kappa shape index (κ2) is 8.76. The van der Waals surface area contributed by atoms with Gasteiger partial charge in [0.2, 0.25) is 5.88 Å². The van der Waals surface area contributed by atoms with E-state index in [0.29, 0.717) is 31.0 Å². The van der Waals surface area contributed by atoms with E-state index in [9.17, 15) is 18.0 Å². The highest BCUT2D eigenvalue weighted by Crippen LogP contribution is 2.40. The Morgan fingerprint density at radius 2 is 2.16 bits per heavy atom. The molecule has 0 spiro atoms. The molecule has 0 radical (unpaired) electrons. The summed E-state index contributed by atoms with van der Waals surface area (Å²) in [5, 5.41) is 3.84. The molecule has 0 aromatic carbocycles. The molecule has 1 saturated heterocycles. The molecule has 0 aliphatic carbocycles.